The second-order valence-electron chi connectivity index (χ2n) is 1.84. The first-order valence-electron chi connectivity index (χ1n) is 2.64. The Balaban J connectivity index is 2.67. The molecule has 2 heteroatoms. The van der Waals surface area contributed by atoms with Crippen molar-refractivity contribution >= 4 is 6.08 Å². The van der Waals surface area contributed by atoms with Gasteiger partial charge in [-0.05, 0) is 6.08 Å². The molecule has 0 atom stereocenters. The Morgan fingerprint density at radius 3 is 3.50 bits per heavy atom. The summed E-state index contributed by atoms with van der Waals surface area (Å²) in [4.78, 5) is 4.07. The number of hydrogen-bond donors (Lipinski definition) is 0. The lowest BCUT2D eigenvalue weighted by Crippen LogP contribution is -1.88. The summed E-state index contributed by atoms with van der Waals surface area (Å²) < 4.78 is 2.10. The third-order valence-corrected chi connectivity index (χ3v) is 1.32. The SMILES string of the molecule is C1=Cc2nccn2C1. The maximum Gasteiger partial charge on any atom is 0.132 e. The van der Waals surface area contributed by atoms with Crippen molar-refractivity contribution < 1.29 is 0 Å². The Kier molecular flexibility index (Phi) is 0.592. The van der Waals surface area contributed by atoms with E-state index in [9.17, 15) is 0 Å². The van der Waals surface area contributed by atoms with Gasteiger partial charge in [0.05, 0.1) is 0 Å². The van der Waals surface area contributed by atoms with Crippen molar-refractivity contribution in [2.45, 2.75) is 6.54 Å². The molecule has 2 heterocycles. The van der Waals surface area contributed by atoms with Crippen LogP contribution in [0.1, 0.15) is 5.82 Å². The quantitative estimate of drug-likeness (QED) is 0.480. The van der Waals surface area contributed by atoms with Gasteiger partial charge in [0.2, 0.25) is 0 Å². The van der Waals surface area contributed by atoms with E-state index in [0.717, 1.165) is 12.4 Å². The lowest BCUT2D eigenvalue weighted by Gasteiger charge is -1.88. The van der Waals surface area contributed by atoms with Crippen LogP contribution in [0.4, 0.5) is 0 Å². The summed E-state index contributed by atoms with van der Waals surface area (Å²) in [5, 5.41) is 0. The average molecular weight is 106 g/mol. The Morgan fingerprint density at radius 2 is 2.62 bits per heavy atom. The van der Waals surface area contributed by atoms with Gasteiger partial charge >= 0.3 is 0 Å². The van der Waals surface area contributed by atoms with Crippen molar-refractivity contribution in [3.8, 4) is 0 Å². The van der Waals surface area contributed by atoms with E-state index in [1.165, 1.54) is 0 Å². The summed E-state index contributed by atoms with van der Waals surface area (Å²) in [5.74, 6) is 1.07. The van der Waals surface area contributed by atoms with Crippen LogP contribution in [0, 0.1) is 0 Å². The largest absolute Gasteiger partial charge is 0.328 e. The minimum Gasteiger partial charge on any atom is -0.328 e. The van der Waals surface area contributed by atoms with Gasteiger partial charge < -0.3 is 4.57 Å². The van der Waals surface area contributed by atoms with Gasteiger partial charge in [-0.2, -0.15) is 0 Å². The molecule has 8 heavy (non-hydrogen) atoms. The summed E-state index contributed by atoms with van der Waals surface area (Å²) in [6.07, 6.45) is 7.93. The molecule has 0 aliphatic carbocycles. The van der Waals surface area contributed by atoms with Crippen LogP contribution in [0.15, 0.2) is 18.5 Å². The molecule has 40 valence electrons. The van der Waals surface area contributed by atoms with E-state index < -0.39 is 0 Å². The molecule has 1 aromatic heterocycles. The Labute approximate surface area is 47.5 Å². The molecule has 0 radical (unpaired) electrons. The zero-order valence-corrected chi connectivity index (χ0v) is 4.41. The number of rotatable bonds is 0. The predicted octanol–water partition coefficient (Wildman–Crippen LogP) is 0.910. The van der Waals surface area contributed by atoms with E-state index in [4.69, 9.17) is 0 Å². The average Bonchev–Trinajstić information content (AvgIpc) is 2.15. The lowest BCUT2D eigenvalue weighted by atomic mass is 10.5. The second-order valence-corrected chi connectivity index (χ2v) is 1.84. The minimum atomic E-state index is 0.995. The van der Waals surface area contributed by atoms with E-state index in [0.29, 0.717) is 0 Å². The minimum absolute atomic E-state index is 0.995. The Hall–Kier alpha value is -1.05. The summed E-state index contributed by atoms with van der Waals surface area (Å²) >= 11 is 0. The summed E-state index contributed by atoms with van der Waals surface area (Å²) in [6.45, 7) is 0.995. The topological polar surface area (TPSA) is 17.8 Å². The van der Waals surface area contributed by atoms with Gasteiger partial charge in [-0.15, -0.1) is 0 Å². The van der Waals surface area contributed by atoms with E-state index in [2.05, 4.69) is 15.6 Å². The monoisotopic (exact) mass is 106 g/mol. The Bertz CT molecular complexity index is 222. The molecule has 0 unspecified atom stereocenters. The first kappa shape index (κ1) is 3.89. The van der Waals surface area contributed by atoms with Gasteiger partial charge in [0.15, 0.2) is 0 Å². The van der Waals surface area contributed by atoms with Crippen LogP contribution in [0.5, 0.6) is 0 Å². The number of imidazole rings is 1. The zero-order chi connectivity index (χ0) is 5.40. The molecule has 1 aromatic rings. The van der Waals surface area contributed by atoms with E-state index >= 15 is 0 Å². The molecule has 1 aliphatic heterocycles. The van der Waals surface area contributed by atoms with Crippen molar-refractivity contribution in [2.24, 2.45) is 0 Å². The van der Waals surface area contributed by atoms with Crippen LogP contribution in [-0.4, -0.2) is 9.55 Å². The first-order valence-corrected chi connectivity index (χ1v) is 2.64. The first-order chi connectivity index (χ1) is 3.97. The highest BCUT2D eigenvalue weighted by Crippen LogP contribution is 2.06. The van der Waals surface area contributed by atoms with Gasteiger partial charge in [0.1, 0.15) is 5.82 Å². The van der Waals surface area contributed by atoms with Crippen LogP contribution in [0.25, 0.3) is 6.08 Å². The molecule has 0 saturated heterocycles. The summed E-state index contributed by atoms with van der Waals surface area (Å²) in [7, 11) is 0. The molecule has 0 N–H and O–H groups in total. The lowest BCUT2D eigenvalue weighted by molar-refractivity contribution is 0.837. The maximum atomic E-state index is 4.07. The van der Waals surface area contributed by atoms with Crippen molar-refractivity contribution in [3.05, 3.63) is 24.3 Å². The fourth-order valence-electron chi connectivity index (χ4n) is 0.906. The van der Waals surface area contributed by atoms with Crippen LogP contribution in [0.3, 0.4) is 0 Å². The molecule has 0 aromatic carbocycles. The summed E-state index contributed by atoms with van der Waals surface area (Å²) in [6, 6.07) is 0. The van der Waals surface area contributed by atoms with Crippen LogP contribution < -0.4 is 0 Å². The molecule has 0 amide bonds. The molecule has 0 saturated carbocycles. The normalized spacial score (nSPS) is 14.5. The molecule has 2 rings (SSSR count). The van der Waals surface area contributed by atoms with Crippen molar-refractivity contribution in [2.75, 3.05) is 0 Å². The number of allylic oxidation sites excluding steroid dienone is 1. The molecular weight excluding hydrogens is 100 g/mol. The van der Waals surface area contributed by atoms with Crippen LogP contribution >= 0.6 is 0 Å². The smallest absolute Gasteiger partial charge is 0.132 e. The highest BCUT2D eigenvalue weighted by Gasteiger charge is 2.00. The zero-order valence-electron chi connectivity index (χ0n) is 4.41. The van der Waals surface area contributed by atoms with Crippen molar-refractivity contribution in [3.63, 3.8) is 0 Å². The highest BCUT2D eigenvalue weighted by molar-refractivity contribution is 5.43. The van der Waals surface area contributed by atoms with Gasteiger partial charge in [-0.3, -0.25) is 0 Å². The van der Waals surface area contributed by atoms with Gasteiger partial charge in [0.25, 0.3) is 0 Å². The summed E-state index contributed by atoms with van der Waals surface area (Å²) in [5.41, 5.74) is 0. The van der Waals surface area contributed by atoms with E-state index in [1.807, 2.05) is 18.5 Å². The van der Waals surface area contributed by atoms with Crippen molar-refractivity contribution in [1.29, 1.82) is 0 Å². The molecule has 0 fully saturated rings. The van der Waals surface area contributed by atoms with Gasteiger partial charge in [-0.1, -0.05) is 6.08 Å². The molecule has 0 bridgehead atoms. The van der Waals surface area contributed by atoms with Gasteiger partial charge in [0, 0.05) is 18.9 Å². The number of aromatic nitrogens is 2. The maximum absolute atomic E-state index is 4.07. The van der Waals surface area contributed by atoms with Crippen LogP contribution in [0.2, 0.25) is 0 Å². The van der Waals surface area contributed by atoms with Gasteiger partial charge in [-0.25, -0.2) is 4.98 Å². The van der Waals surface area contributed by atoms with E-state index in [-0.39, 0.29) is 0 Å². The highest BCUT2D eigenvalue weighted by atomic mass is 15.1. The number of fused-ring (bicyclic) bond motifs is 1. The number of hydrogen-bond acceptors (Lipinski definition) is 1. The fourth-order valence-corrected chi connectivity index (χ4v) is 0.906. The second kappa shape index (κ2) is 1.22. The predicted molar refractivity (Wildman–Crippen MR) is 31.3 cm³/mol. The number of nitrogens with zero attached hydrogens (tertiary/aromatic N) is 2. The molecular formula is C6H6N2. The standard InChI is InChI=1S/C6H6N2/c1-2-6-7-3-5-8(6)4-1/h1-3,5H,4H2. The van der Waals surface area contributed by atoms with Crippen LogP contribution in [-0.2, 0) is 6.54 Å². The third-order valence-electron chi connectivity index (χ3n) is 1.32. The third kappa shape index (κ3) is 0.346. The molecule has 2 nitrogen and oxygen atoms in total. The fraction of sp³-hybridized carbons (Fsp3) is 0.167. The molecule has 1 aliphatic rings. The Morgan fingerprint density at radius 1 is 1.62 bits per heavy atom. The molecule has 0 spiro atoms. The van der Waals surface area contributed by atoms with Crippen molar-refractivity contribution in [1.82, 2.24) is 9.55 Å². The van der Waals surface area contributed by atoms with E-state index in [1.54, 1.807) is 0 Å².